The number of H-pyrrole nitrogens is 1. The van der Waals surface area contributed by atoms with Crippen LogP contribution in [0, 0.1) is 6.92 Å². The monoisotopic (exact) mass is 405 g/mol. The van der Waals surface area contributed by atoms with Gasteiger partial charge in [0.1, 0.15) is 5.75 Å². The molecule has 7 nitrogen and oxygen atoms in total. The summed E-state index contributed by atoms with van der Waals surface area (Å²) in [7, 11) is 1.53. The van der Waals surface area contributed by atoms with Crippen molar-refractivity contribution in [1.29, 1.82) is 0 Å². The van der Waals surface area contributed by atoms with Gasteiger partial charge in [-0.2, -0.15) is 0 Å². The number of hydrogen-bond acceptors (Lipinski definition) is 4. The van der Waals surface area contributed by atoms with Crippen molar-refractivity contribution < 1.29 is 34.3 Å². The maximum Gasteiger partial charge on any atom is 1.00 e. The fraction of sp³-hybridized carbons (Fsp3) is 0.105. The van der Waals surface area contributed by atoms with E-state index >= 15 is 0 Å². The number of aromatic amines is 1. The minimum absolute atomic E-state index is 0. The smallest absolute Gasteiger partial charge is 0.652 e. The molecule has 0 aliphatic rings. The van der Waals surface area contributed by atoms with E-state index in [2.05, 4.69) is 10.1 Å². The number of methoxy groups -OCH3 is 1. The molecule has 136 valence electrons. The van der Waals surface area contributed by atoms with Crippen LogP contribution in [0.3, 0.4) is 0 Å². The molecule has 0 spiro atoms. The van der Waals surface area contributed by atoms with Gasteiger partial charge in [-0.3, -0.25) is 19.5 Å². The van der Waals surface area contributed by atoms with Crippen molar-refractivity contribution in [3.8, 4) is 11.4 Å². The van der Waals surface area contributed by atoms with Crippen molar-refractivity contribution >= 4 is 33.4 Å². The Morgan fingerprint density at radius 2 is 1.86 bits per heavy atom. The number of pyridine rings is 1. The summed E-state index contributed by atoms with van der Waals surface area (Å²) in [6.07, 6.45) is 0. The van der Waals surface area contributed by atoms with E-state index in [4.69, 9.17) is 16.3 Å². The van der Waals surface area contributed by atoms with Crippen molar-refractivity contribution in [2.45, 2.75) is 6.92 Å². The van der Waals surface area contributed by atoms with Crippen molar-refractivity contribution in [2.75, 3.05) is 7.11 Å². The average molecular weight is 406 g/mol. The second kappa shape index (κ2) is 7.60. The molecule has 0 aliphatic heterocycles. The second-order valence-corrected chi connectivity index (χ2v) is 6.50. The van der Waals surface area contributed by atoms with Gasteiger partial charge >= 0.3 is 29.6 Å². The molecule has 0 amide bonds. The van der Waals surface area contributed by atoms with Crippen LogP contribution in [-0.4, -0.2) is 16.9 Å². The van der Waals surface area contributed by atoms with Crippen LogP contribution in [0.2, 0.25) is 5.02 Å². The molecule has 4 aromatic rings. The summed E-state index contributed by atoms with van der Waals surface area (Å²) in [5.41, 5.74) is -0.644. The number of hydrogen-bond donors (Lipinski definition) is 1. The first-order valence-electron chi connectivity index (χ1n) is 8.01. The Morgan fingerprint density at radius 1 is 1.11 bits per heavy atom. The Morgan fingerprint density at radius 3 is 2.54 bits per heavy atom. The summed E-state index contributed by atoms with van der Waals surface area (Å²) >= 11 is 5.94. The van der Waals surface area contributed by atoms with E-state index in [0.29, 0.717) is 22.0 Å². The summed E-state index contributed by atoms with van der Waals surface area (Å²) in [6, 6.07) is 9.54. The van der Waals surface area contributed by atoms with Gasteiger partial charge in [0.2, 0.25) is 5.56 Å². The largest absolute Gasteiger partial charge is 1.00 e. The number of rotatable bonds is 2. The summed E-state index contributed by atoms with van der Waals surface area (Å²) in [4.78, 5) is 42.6. The molecule has 0 unspecified atom stereocenters. The second-order valence-electron chi connectivity index (χ2n) is 6.06. The van der Waals surface area contributed by atoms with Crippen LogP contribution in [0.1, 0.15) is 5.56 Å². The van der Waals surface area contributed by atoms with Crippen LogP contribution in [0.5, 0.6) is 5.75 Å². The summed E-state index contributed by atoms with van der Waals surface area (Å²) in [5.74, 6) is 0.612. The molecular weight excluding hydrogens is 393 g/mol. The normalized spacial score (nSPS) is 10.8. The first-order chi connectivity index (χ1) is 12.9. The molecule has 4 rings (SSSR count). The van der Waals surface area contributed by atoms with E-state index in [-0.39, 0.29) is 51.4 Å². The molecule has 2 aromatic carbocycles. The summed E-state index contributed by atoms with van der Waals surface area (Å²) in [6.45, 7) is 1.77. The minimum atomic E-state index is -0.646. The van der Waals surface area contributed by atoms with Crippen molar-refractivity contribution in [1.82, 2.24) is 14.8 Å². The Balaban J connectivity index is 0.00000225. The molecule has 28 heavy (non-hydrogen) atoms. The molecule has 0 bridgehead atoms. The van der Waals surface area contributed by atoms with E-state index in [1.54, 1.807) is 25.1 Å². The van der Waals surface area contributed by atoms with Crippen molar-refractivity contribution in [2.24, 2.45) is 0 Å². The maximum atomic E-state index is 13.0. The Labute approximate surface area is 185 Å². The Kier molecular flexibility index (Phi) is 5.54. The third kappa shape index (κ3) is 3.20. The number of fused-ring (bicyclic) bond motifs is 2. The van der Waals surface area contributed by atoms with Crippen molar-refractivity contribution in [3.05, 3.63) is 77.9 Å². The van der Waals surface area contributed by atoms with Gasteiger partial charge in [0.25, 0.3) is 5.56 Å². The average Bonchev–Trinajstić information content (AvgIpc) is 2.64. The summed E-state index contributed by atoms with van der Waals surface area (Å²) < 4.78 is 6.22. The van der Waals surface area contributed by atoms with Gasteiger partial charge in [0.15, 0.2) is 5.43 Å². The molecular formula is C19H13ClN3NaO4. The molecule has 2 aromatic heterocycles. The number of benzene rings is 2. The molecule has 2 heterocycles. The molecule has 1 N–H and O–H groups in total. The van der Waals surface area contributed by atoms with Gasteiger partial charge in [-0.25, -0.2) is 4.68 Å². The predicted octanol–water partition coefficient (Wildman–Crippen LogP) is -0.876. The number of nitrogens with zero attached hydrogens (tertiary/aromatic N) is 2. The zero-order chi connectivity index (χ0) is 19.3. The van der Waals surface area contributed by atoms with Gasteiger partial charge in [0.05, 0.1) is 18.2 Å². The van der Waals surface area contributed by atoms with Gasteiger partial charge in [-0.1, -0.05) is 29.3 Å². The molecule has 0 saturated heterocycles. The third-order valence-corrected chi connectivity index (χ3v) is 4.63. The van der Waals surface area contributed by atoms with Gasteiger partial charge in [-0.15, -0.1) is 5.52 Å². The first-order valence-corrected chi connectivity index (χ1v) is 8.39. The third-order valence-electron chi connectivity index (χ3n) is 4.39. The maximum absolute atomic E-state index is 13.0. The van der Waals surface area contributed by atoms with E-state index < -0.39 is 16.5 Å². The number of aromatic nitrogens is 3. The number of halogens is 1. The fourth-order valence-electron chi connectivity index (χ4n) is 3.06. The minimum Gasteiger partial charge on any atom is -0.652 e. The van der Waals surface area contributed by atoms with E-state index in [1.807, 2.05) is 0 Å². The van der Waals surface area contributed by atoms with Crippen LogP contribution >= 0.6 is 11.6 Å². The fourth-order valence-corrected chi connectivity index (χ4v) is 3.23. The molecule has 0 atom stereocenters. The zero-order valence-electron chi connectivity index (χ0n) is 15.4. The van der Waals surface area contributed by atoms with Crippen molar-refractivity contribution in [3.63, 3.8) is 0 Å². The molecule has 0 radical (unpaired) electrons. The van der Waals surface area contributed by atoms with E-state index in [9.17, 15) is 14.4 Å². The number of ether oxygens (including phenoxy) is 1. The zero-order valence-corrected chi connectivity index (χ0v) is 18.1. The van der Waals surface area contributed by atoms with Crippen LogP contribution in [0.15, 0.2) is 50.8 Å². The van der Waals surface area contributed by atoms with E-state index in [0.717, 1.165) is 4.68 Å². The first kappa shape index (κ1) is 20.4. The number of aryl methyl sites for hydroxylation is 1. The Bertz CT molecular complexity index is 1400. The standard InChI is InChI=1S/C19H14ClN3O4.Na/c1-9-7-11(27-2)4-6-14(9)23-19(26)15-16(18(25)22-23)21-13-8-10(20)3-5-12(13)17(15)24;/h3-8H,1-2H3,(H2,21,22,24,25,26);/q;+1/p-1. The molecule has 0 aliphatic carbocycles. The topological polar surface area (TPSA) is 95.3 Å². The molecule has 0 saturated carbocycles. The van der Waals surface area contributed by atoms with Crippen LogP contribution in [0.25, 0.3) is 27.5 Å². The SMILES string of the molecule is COc1ccc(-n2[nH]c(=O)c3[n-]c4cc(Cl)ccc4c(=O)c3c2=O)c(C)c1.[Na+]. The summed E-state index contributed by atoms with van der Waals surface area (Å²) in [5, 5.41) is 2.84. The van der Waals surface area contributed by atoms with Gasteiger partial charge in [0, 0.05) is 10.4 Å². The molecule has 9 heteroatoms. The van der Waals surface area contributed by atoms with Crippen LogP contribution in [0.4, 0.5) is 0 Å². The number of nitrogens with one attached hydrogen (secondary N) is 1. The van der Waals surface area contributed by atoms with Crippen LogP contribution < -0.4 is 55.8 Å². The Hall–Kier alpha value is -2.32. The van der Waals surface area contributed by atoms with Gasteiger partial charge in [-0.05, 0) is 36.8 Å². The van der Waals surface area contributed by atoms with Crippen LogP contribution in [-0.2, 0) is 0 Å². The van der Waals surface area contributed by atoms with Gasteiger partial charge < -0.3 is 9.72 Å². The molecule has 0 fully saturated rings. The van der Waals surface area contributed by atoms with E-state index in [1.165, 1.54) is 25.3 Å². The quantitative estimate of drug-likeness (QED) is 0.345. The predicted molar refractivity (Wildman–Crippen MR) is 104 cm³/mol.